The Morgan fingerprint density at radius 2 is 2.05 bits per heavy atom. The van der Waals surface area contributed by atoms with Crippen molar-refractivity contribution < 1.29 is 19.5 Å². The molecule has 0 aliphatic heterocycles. The number of nitrogens with zero attached hydrogens (tertiary/aromatic N) is 3. The average Bonchev–Trinajstić information content (AvgIpc) is 2.72. The highest BCUT2D eigenvalue weighted by atomic mass is 16.4. The average molecular weight is 269 g/mol. The standard InChI is InChI=1S/C10H15N5O4/c1-3-4-6-8(9(17)18)13-14-15(6)5-7(16)12-10(19)11-2/h3-5H2,1-2H3,(H,17,18)(H2,11,12,16,19). The monoisotopic (exact) mass is 269 g/mol. The molecule has 0 aliphatic carbocycles. The Bertz CT molecular complexity index is 496. The summed E-state index contributed by atoms with van der Waals surface area (Å²) in [5.41, 5.74) is 0.191. The van der Waals surface area contributed by atoms with Gasteiger partial charge >= 0.3 is 12.0 Å². The first-order valence-electron chi connectivity index (χ1n) is 5.66. The van der Waals surface area contributed by atoms with Gasteiger partial charge in [0.05, 0.1) is 5.69 Å². The summed E-state index contributed by atoms with van der Waals surface area (Å²) in [6, 6.07) is -0.638. The molecule has 0 atom stereocenters. The largest absolute Gasteiger partial charge is 0.476 e. The number of rotatable bonds is 5. The molecule has 1 aromatic rings. The maximum absolute atomic E-state index is 11.5. The molecule has 9 nitrogen and oxygen atoms in total. The summed E-state index contributed by atoms with van der Waals surface area (Å²) in [6.45, 7) is 1.61. The van der Waals surface area contributed by atoms with Gasteiger partial charge in [-0.25, -0.2) is 14.3 Å². The lowest BCUT2D eigenvalue weighted by molar-refractivity contribution is -0.120. The lowest BCUT2D eigenvalue weighted by atomic mass is 10.2. The molecule has 0 fully saturated rings. The number of carbonyl (C=O) groups excluding carboxylic acids is 2. The molecule has 0 spiro atoms. The number of carbonyl (C=O) groups is 3. The first kappa shape index (κ1) is 14.6. The molecule has 0 aromatic carbocycles. The summed E-state index contributed by atoms with van der Waals surface area (Å²) >= 11 is 0. The number of urea groups is 1. The van der Waals surface area contributed by atoms with E-state index in [1.165, 1.54) is 11.7 Å². The Morgan fingerprint density at radius 3 is 2.58 bits per heavy atom. The molecule has 9 heteroatoms. The van der Waals surface area contributed by atoms with E-state index >= 15 is 0 Å². The van der Waals surface area contributed by atoms with Crippen LogP contribution in [0.15, 0.2) is 0 Å². The molecule has 3 N–H and O–H groups in total. The number of aromatic nitrogens is 3. The van der Waals surface area contributed by atoms with E-state index in [4.69, 9.17) is 5.11 Å². The molecule has 104 valence electrons. The third kappa shape index (κ3) is 3.76. The molecule has 3 amide bonds. The van der Waals surface area contributed by atoms with Gasteiger partial charge in [-0.3, -0.25) is 10.1 Å². The molecule has 0 saturated carbocycles. The van der Waals surface area contributed by atoms with Crippen LogP contribution in [-0.2, 0) is 17.8 Å². The zero-order chi connectivity index (χ0) is 14.4. The van der Waals surface area contributed by atoms with Gasteiger partial charge in [0.1, 0.15) is 6.54 Å². The van der Waals surface area contributed by atoms with E-state index in [9.17, 15) is 14.4 Å². The van der Waals surface area contributed by atoms with Gasteiger partial charge in [-0.2, -0.15) is 0 Å². The van der Waals surface area contributed by atoms with Crippen LogP contribution in [0.5, 0.6) is 0 Å². The summed E-state index contributed by atoms with van der Waals surface area (Å²) in [5, 5.41) is 20.4. The second-order valence-corrected chi connectivity index (χ2v) is 3.72. The van der Waals surface area contributed by atoms with Gasteiger partial charge in [-0.15, -0.1) is 5.10 Å². The number of hydrogen-bond acceptors (Lipinski definition) is 5. The van der Waals surface area contributed by atoms with Crippen molar-refractivity contribution in [2.24, 2.45) is 0 Å². The third-order valence-electron chi connectivity index (χ3n) is 2.30. The van der Waals surface area contributed by atoms with Crippen molar-refractivity contribution in [1.82, 2.24) is 25.6 Å². The fourth-order valence-electron chi connectivity index (χ4n) is 1.47. The van der Waals surface area contributed by atoms with Gasteiger partial charge < -0.3 is 10.4 Å². The van der Waals surface area contributed by atoms with Crippen LogP contribution in [0.25, 0.3) is 0 Å². The fraction of sp³-hybridized carbons (Fsp3) is 0.500. The van der Waals surface area contributed by atoms with Crippen molar-refractivity contribution in [3.8, 4) is 0 Å². The summed E-state index contributed by atoms with van der Waals surface area (Å²) in [7, 11) is 1.38. The molecule has 0 aliphatic rings. The van der Waals surface area contributed by atoms with E-state index in [1.807, 2.05) is 6.92 Å². The van der Waals surface area contributed by atoms with Crippen LogP contribution in [0.2, 0.25) is 0 Å². The molecule has 0 saturated heterocycles. The van der Waals surface area contributed by atoms with Crippen LogP contribution < -0.4 is 10.6 Å². The minimum absolute atomic E-state index is 0.172. The highest BCUT2D eigenvalue weighted by molar-refractivity contribution is 5.94. The van der Waals surface area contributed by atoms with Gasteiger partial charge in [0, 0.05) is 7.05 Å². The number of amides is 3. The normalized spacial score (nSPS) is 10.0. The molecular weight excluding hydrogens is 254 g/mol. The summed E-state index contributed by atoms with van der Waals surface area (Å²) in [5.74, 6) is -1.79. The first-order chi connectivity index (χ1) is 8.99. The quantitative estimate of drug-likeness (QED) is 0.654. The number of carboxylic acid groups (broad SMARTS) is 1. The second-order valence-electron chi connectivity index (χ2n) is 3.72. The van der Waals surface area contributed by atoms with Crippen LogP contribution in [0.1, 0.15) is 29.5 Å². The van der Waals surface area contributed by atoms with E-state index in [-0.39, 0.29) is 12.2 Å². The van der Waals surface area contributed by atoms with Gasteiger partial charge in [0.15, 0.2) is 5.69 Å². The van der Waals surface area contributed by atoms with E-state index in [0.29, 0.717) is 18.5 Å². The Labute approximate surface area is 109 Å². The van der Waals surface area contributed by atoms with E-state index < -0.39 is 17.9 Å². The fourth-order valence-corrected chi connectivity index (χ4v) is 1.47. The molecule has 0 unspecified atom stereocenters. The van der Waals surface area contributed by atoms with Gasteiger partial charge in [0.25, 0.3) is 0 Å². The predicted molar refractivity (Wildman–Crippen MR) is 63.6 cm³/mol. The highest BCUT2D eigenvalue weighted by Gasteiger charge is 2.19. The molecule has 1 heterocycles. The van der Waals surface area contributed by atoms with Gasteiger partial charge in [0.2, 0.25) is 5.91 Å². The summed E-state index contributed by atoms with van der Waals surface area (Å²) < 4.78 is 1.19. The van der Waals surface area contributed by atoms with E-state index in [2.05, 4.69) is 20.9 Å². The predicted octanol–water partition coefficient (Wildman–Crippen LogP) is -0.616. The van der Waals surface area contributed by atoms with Crippen LogP contribution >= 0.6 is 0 Å². The SMILES string of the molecule is CCCc1c(C(=O)O)nnn1CC(=O)NC(=O)NC. The van der Waals surface area contributed by atoms with Crippen LogP contribution in [0.4, 0.5) is 4.79 Å². The maximum atomic E-state index is 11.5. The van der Waals surface area contributed by atoms with Gasteiger partial charge in [-0.1, -0.05) is 18.6 Å². The van der Waals surface area contributed by atoms with E-state index in [1.54, 1.807) is 0 Å². The summed E-state index contributed by atoms with van der Waals surface area (Å²) in [6.07, 6.45) is 1.12. The Kier molecular flexibility index (Phi) is 4.98. The first-order valence-corrected chi connectivity index (χ1v) is 5.66. The number of nitrogens with one attached hydrogen (secondary N) is 2. The lowest BCUT2D eigenvalue weighted by Gasteiger charge is -2.06. The van der Waals surface area contributed by atoms with Crippen molar-refractivity contribution in [2.75, 3.05) is 7.05 Å². The van der Waals surface area contributed by atoms with Crippen molar-refractivity contribution in [3.05, 3.63) is 11.4 Å². The molecule has 19 heavy (non-hydrogen) atoms. The minimum atomic E-state index is -1.19. The van der Waals surface area contributed by atoms with E-state index in [0.717, 1.165) is 0 Å². The van der Waals surface area contributed by atoms with Crippen LogP contribution in [0, 0.1) is 0 Å². The second kappa shape index (κ2) is 6.47. The zero-order valence-corrected chi connectivity index (χ0v) is 10.6. The minimum Gasteiger partial charge on any atom is -0.476 e. The number of hydrogen-bond donors (Lipinski definition) is 3. The Hall–Kier alpha value is -2.45. The Morgan fingerprint density at radius 1 is 1.37 bits per heavy atom. The number of imide groups is 1. The molecule has 1 aromatic heterocycles. The van der Waals surface area contributed by atoms with Crippen LogP contribution in [-0.4, -0.2) is 45.1 Å². The topological polar surface area (TPSA) is 126 Å². The van der Waals surface area contributed by atoms with Crippen molar-refractivity contribution in [2.45, 2.75) is 26.3 Å². The zero-order valence-electron chi connectivity index (χ0n) is 10.6. The van der Waals surface area contributed by atoms with Crippen molar-refractivity contribution >= 4 is 17.9 Å². The summed E-state index contributed by atoms with van der Waals surface area (Å²) in [4.78, 5) is 33.4. The number of aromatic carboxylic acids is 1. The lowest BCUT2D eigenvalue weighted by Crippen LogP contribution is -2.39. The maximum Gasteiger partial charge on any atom is 0.358 e. The number of carboxylic acids is 1. The van der Waals surface area contributed by atoms with Crippen molar-refractivity contribution in [3.63, 3.8) is 0 Å². The Balaban J connectivity index is 2.86. The highest BCUT2D eigenvalue weighted by Crippen LogP contribution is 2.08. The molecule has 0 radical (unpaired) electrons. The van der Waals surface area contributed by atoms with Gasteiger partial charge in [-0.05, 0) is 6.42 Å². The van der Waals surface area contributed by atoms with Crippen LogP contribution in [0.3, 0.4) is 0 Å². The van der Waals surface area contributed by atoms with Crippen molar-refractivity contribution in [1.29, 1.82) is 0 Å². The molecule has 0 bridgehead atoms. The molecular formula is C10H15N5O4. The third-order valence-corrected chi connectivity index (χ3v) is 2.30. The smallest absolute Gasteiger partial charge is 0.358 e. The molecule has 1 rings (SSSR count).